The molecule has 16 heavy (non-hydrogen) atoms. The Morgan fingerprint density at radius 1 is 1.44 bits per heavy atom. The van der Waals surface area contributed by atoms with E-state index in [1.165, 1.54) is 0 Å². The average molecular weight is 227 g/mol. The maximum absolute atomic E-state index is 11.6. The van der Waals surface area contributed by atoms with Crippen LogP contribution in [0.4, 0.5) is 0 Å². The summed E-state index contributed by atoms with van der Waals surface area (Å²) in [5.41, 5.74) is -0.0636. The highest BCUT2D eigenvalue weighted by molar-refractivity contribution is 5.91. The van der Waals surface area contributed by atoms with Crippen LogP contribution in [0.1, 0.15) is 34.1 Å². The van der Waals surface area contributed by atoms with Crippen LogP contribution in [0.3, 0.4) is 0 Å². The van der Waals surface area contributed by atoms with Gasteiger partial charge in [-0.1, -0.05) is 27.4 Å². The summed E-state index contributed by atoms with van der Waals surface area (Å²) in [6, 6.07) is -0.606. The Labute approximate surface area is 97.1 Å². The van der Waals surface area contributed by atoms with Gasteiger partial charge in [-0.3, -0.25) is 4.79 Å². The summed E-state index contributed by atoms with van der Waals surface area (Å²) in [5, 5.41) is 2.58. The zero-order chi connectivity index (χ0) is 12.8. The highest BCUT2D eigenvalue weighted by atomic mass is 16.5. The molecule has 1 amide bonds. The fourth-order valence-electron chi connectivity index (χ4n) is 1.28. The van der Waals surface area contributed by atoms with E-state index in [0.29, 0.717) is 13.0 Å². The molecule has 0 radical (unpaired) electrons. The zero-order valence-corrected chi connectivity index (χ0v) is 10.5. The number of carbonyl (C=O) groups excluding carboxylic acids is 2. The van der Waals surface area contributed by atoms with Crippen LogP contribution in [0.25, 0.3) is 0 Å². The van der Waals surface area contributed by atoms with Crippen molar-refractivity contribution in [2.45, 2.75) is 40.2 Å². The van der Waals surface area contributed by atoms with Crippen LogP contribution in [0.2, 0.25) is 0 Å². The van der Waals surface area contributed by atoms with Gasteiger partial charge in [0.25, 0.3) is 0 Å². The van der Waals surface area contributed by atoms with Gasteiger partial charge in [0.15, 0.2) is 0 Å². The van der Waals surface area contributed by atoms with Crippen molar-refractivity contribution >= 4 is 11.9 Å². The monoisotopic (exact) mass is 227 g/mol. The first-order chi connectivity index (χ1) is 7.30. The van der Waals surface area contributed by atoms with Crippen molar-refractivity contribution in [2.75, 3.05) is 6.61 Å². The molecule has 0 saturated heterocycles. The summed E-state index contributed by atoms with van der Waals surface area (Å²) < 4.78 is 4.91. The Kier molecular flexibility index (Phi) is 5.78. The first kappa shape index (κ1) is 14.7. The number of carbonyl (C=O) groups is 2. The van der Waals surface area contributed by atoms with Gasteiger partial charge < -0.3 is 10.1 Å². The molecule has 1 unspecified atom stereocenters. The molecule has 0 aliphatic rings. The molecule has 92 valence electrons. The standard InChI is InChI=1S/C12H21NO3/c1-6-10(14)13-9(8-12(3,4)5)11(15)16-7-2/h6,9H,1,7-8H2,2-5H3,(H,13,14). The molecule has 0 saturated carbocycles. The van der Waals surface area contributed by atoms with Crippen LogP contribution in [-0.2, 0) is 14.3 Å². The molecule has 0 aromatic heterocycles. The fourth-order valence-corrected chi connectivity index (χ4v) is 1.28. The van der Waals surface area contributed by atoms with Crippen LogP contribution in [-0.4, -0.2) is 24.5 Å². The SMILES string of the molecule is C=CC(=O)NC(CC(C)(C)C)C(=O)OCC. The normalized spacial score (nSPS) is 12.8. The van der Waals surface area contributed by atoms with Crippen molar-refractivity contribution < 1.29 is 14.3 Å². The second-order valence-corrected chi connectivity index (χ2v) is 4.78. The van der Waals surface area contributed by atoms with Crippen LogP contribution in [0.5, 0.6) is 0 Å². The molecule has 4 heteroatoms. The summed E-state index contributed by atoms with van der Waals surface area (Å²) in [7, 11) is 0. The average Bonchev–Trinajstić information content (AvgIpc) is 2.14. The molecule has 0 heterocycles. The molecule has 0 aromatic rings. The summed E-state index contributed by atoms with van der Waals surface area (Å²) in [6.07, 6.45) is 1.68. The number of hydrogen-bond acceptors (Lipinski definition) is 3. The quantitative estimate of drug-likeness (QED) is 0.574. The van der Waals surface area contributed by atoms with Gasteiger partial charge in [-0.15, -0.1) is 0 Å². The lowest BCUT2D eigenvalue weighted by Gasteiger charge is -2.24. The highest BCUT2D eigenvalue weighted by Crippen LogP contribution is 2.21. The van der Waals surface area contributed by atoms with E-state index in [4.69, 9.17) is 4.74 Å². The molecule has 0 aliphatic carbocycles. The van der Waals surface area contributed by atoms with E-state index >= 15 is 0 Å². The van der Waals surface area contributed by atoms with Gasteiger partial charge in [-0.25, -0.2) is 4.79 Å². The lowest BCUT2D eigenvalue weighted by atomic mass is 9.88. The smallest absolute Gasteiger partial charge is 0.328 e. The third-order valence-corrected chi connectivity index (χ3v) is 1.89. The van der Waals surface area contributed by atoms with E-state index < -0.39 is 12.0 Å². The Morgan fingerprint density at radius 2 is 2.00 bits per heavy atom. The predicted molar refractivity (Wildman–Crippen MR) is 62.8 cm³/mol. The summed E-state index contributed by atoms with van der Waals surface area (Å²) in [6.45, 7) is 11.4. The Bertz CT molecular complexity index is 266. The van der Waals surface area contributed by atoms with E-state index in [1.807, 2.05) is 20.8 Å². The van der Waals surface area contributed by atoms with Gasteiger partial charge in [0.1, 0.15) is 6.04 Å². The van der Waals surface area contributed by atoms with Gasteiger partial charge in [0.05, 0.1) is 6.61 Å². The molecule has 0 spiro atoms. The first-order valence-electron chi connectivity index (χ1n) is 5.39. The largest absolute Gasteiger partial charge is 0.464 e. The molecule has 0 fully saturated rings. The zero-order valence-electron chi connectivity index (χ0n) is 10.5. The van der Waals surface area contributed by atoms with Crippen molar-refractivity contribution in [3.05, 3.63) is 12.7 Å². The van der Waals surface area contributed by atoms with Gasteiger partial charge >= 0.3 is 5.97 Å². The van der Waals surface area contributed by atoms with E-state index in [1.54, 1.807) is 6.92 Å². The maximum Gasteiger partial charge on any atom is 0.328 e. The van der Waals surface area contributed by atoms with E-state index in [9.17, 15) is 9.59 Å². The molecular weight excluding hydrogens is 206 g/mol. The van der Waals surface area contributed by atoms with Crippen LogP contribution >= 0.6 is 0 Å². The first-order valence-corrected chi connectivity index (χ1v) is 5.39. The number of rotatable bonds is 5. The number of ether oxygens (including phenoxy) is 1. The second kappa shape index (κ2) is 6.30. The lowest BCUT2D eigenvalue weighted by Crippen LogP contribution is -2.43. The van der Waals surface area contributed by atoms with Crippen LogP contribution in [0, 0.1) is 5.41 Å². The number of amides is 1. The molecule has 4 nitrogen and oxygen atoms in total. The third kappa shape index (κ3) is 6.22. The maximum atomic E-state index is 11.6. The summed E-state index contributed by atoms with van der Waals surface area (Å²) in [5.74, 6) is -0.755. The highest BCUT2D eigenvalue weighted by Gasteiger charge is 2.26. The van der Waals surface area contributed by atoms with Gasteiger partial charge in [-0.05, 0) is 24.8 Å². The molecule has 0 bridgehead atoms. The van der Waals surface area contributed by atoms with Gasteiger partial charge in [0.2, 0.25) is 5.91 Å². The Morgan fingerprint density at radius 3 is 2.38 bits per heavy atom. The minimum absolute atomic E-state index is 0.0636. The van der Waals surface area contributed by atoms with Crippen molar-refractivity contribution in [2.24, 2.45) is 5.41 Å². The van der Waals surface area contributed by atoms with Crippen molar-refractivity contribution in [1.82, 2.24) is 5.32 Å². The topological polar surface area (TPSA) is 55.4 Å². The van der Waals surface area contributed by atoms with Crippen molar-refractivity contribution in [3.8, 4) is 0 Å². The second-order valence-electron chi connectivity index (χ2n) is 4.78. The van der Waals surface area contributed by atoms with E-state index in [-0.39, 0.29) is 11.3 Å². The molecule has 1 atom stereocenters. The molecule has 0 aliphatic heterocycles. The minimum Gasteiger partial charge on any atom is -0.464 e. The van der Waals surface area contributed by atoms with E-state index in [2.05, 4.69) is 11.9 Å². The number of esters is 1. The van der Waals surface area contributed by atoms with Crippen molar-refractivity contribution in [1.29, 1.82) is 0 Å². The summed E-state index contributed by atoms with van der Waals surface area (Å²) in [4.78, 5) is 22.8. The predicted octanol–water partition coefficient (Wildman–Crippen LogP) is 1.66. The number of nitrogens with one attached hydrogen (secondary N) is 1. The Balaban J connectivity index is 4.56. The molecule has 0 rings (SSSR count). The minimum atomic E-state index is -0.606. The fraction of sp³-hybridized carbons (Fsp3) is 0.667. The summed E-state index contributed by atoms with van der Waals surface area (Å²) >= 11 is 0. The van der Waals surface area contributed by atoms with Gasteiger partial charge in [0, 0.05) is 0 Å². The third-order valence-electron chi connectivity index (χ3n) is 1.89. The van der Waals surface area contributed by atoms with Crippen molar-refractivity contribution in [3.63, 3.8) is 0 Å². The Hall–Kier alpha value is -1.32. The van der Waals surface area contributed by atoms with Crippen LogP contribution < -0.4 is 5.32 Å². The molecule has 0 aromatic carbocycles. The number of hydrogen-bond donors (Lipinski definition) is 1. The van der Waals surface area contributed by atoms with Gasteiger partial charge in [-0.2, -0.15) is 0 Å². The van der Waals surface area contributed by atoms with E-state index in [0.717, 1.165) is 6.08 Å². The lowest BCUT2D eigenvalue weighted by molar-refractivity contribution is -0.147. The van der Waals surface area contributed by atoms with Crippen LogP contribution in [0.15, 0.2) is 12.7 Å². The molecular formula is C12H21NO3. The molecule has 1 N–H and O–H groups in total.